The molecule has 2 rings (SSSR count). The molecule has 0 aromatic rings. The third-order valence-corrected chi connectivity index (χ3v) is 5.51. The Hall–Kier alpha value is -0.690. The fourth-order valence-electron chi connectivity index (χ4n) is 4.34. The van der Waals surface area contributed by atoms with Crippen LogP contribution in [-0.4, -0.2) is 85.9 Å². The van der Waals surface area contributed by atoms with Crippen LogP contribution in [0.25, 0.3) is 0 Å². The van der Waals surface area contributed by atoms with Crippen LogP contribution in [0.15, 0.2) is 0 Å². The van der Waals surface area contributed by atoms with E-state index in [2.05, 4.69) is 56.7 Å². The summed E-state index contributed by atoms with van der Waals surface area (Å²) in [7, 11) is 0. The molecule has 0 saturated carbocycles. The van der Waals surface area contributed by atoms with Gasteiger partial charge in [0.25, 0.3) is 0 Å². The van der Waals surface area contributed by atoms with E-state index in [-0.39, 0.29) is 30.1 Å². The zero-order valence-corrected chi connectivity index (χ0v) is 17.5. The Morgan fingerprint density at radius 2 is 1.58 bits per heavy atom. The summed E-state index contributed by atoms with van der Waals surface area (Å²) in [6.07, 6.45) is 0.342. The van der Waals surface area contributed by atoms with Crippen LogP contribution in [0.1, 0.15) is 41.5 Å². The smallest absolute Gasteiger partial charge is 0.237 e. The van der Waals surface area contributed by atoms with Crippen molar-refractivity contribution in [2.75, 3.05) is 45.9 Å². The van der Waals surface area contributed by atoms with Crippen molar-refractivity contribution in [3.63, 3.8) is 0 Å². The van der Waals surface area contributed by atoms with Crippen molar-refractivity contribution in [1.29, 1.82) is 0 Å². The highest BCUT2D eigenvalue weighted by Gasteiger charge is 2.34. The van der Waals surface area contributed by atoms with Crippen LogP contribution in [-0.2, 0) is 14.3 Å². The number of ether oxygens (including phenoxy) is 2. The van der Waals surface area contributed by atoms with Crippen LogP contribution < -0.4 is 5.32 Å². The third kappa shape index (κ3) is 5.91. The summed E-state index contributed by atoms with van der Waals surface area (Å²) in [5.41, 5.74) is 0. The minimum atomic E-state index is -0.0960. The number of carbonyl (C=O) groups excluding carboxylic acids is 1. The van der Waals surface area contributed by atoms with Gasteiger partial charge in [0, 0.05) is 38.8 Å². The van der Waals surface area contributed by atoms with Gasteiger partial charge in [0.15, 0.2) is 0 Å². The fraction of sp³-hybridized carbons (Fsp3) is 0.950. The van der Waals surface area contributed by atoms with E-state index in [1.54, 1.807) is 0 Å². The van der Waals surface area contributed by atoms with Gasteiger partial charge in [0.05, 0.1) is 31.5 Å². The summed E-state index contributed by atoms with van der Waals surface area (Å²) in [6.45, 7) is 18.7. The van der Waals surface area contributed by atoms with Gasteiger partial charge in [0.1, 0.15) is 0 Å². The zero-order valence-electron chi connectivity index (χ0n) is 17.5. The number of morpholine rings is 2. The number of nitrogens with zero attached hydrogens (tertiary/aromatic N) is 2. The van der Waals surface area contributed by atoms with Crippen molar-refractivity contribution in [3.05, 3.63) is 0 Å². The van der Waals surface area contributed by atoms with Gasteiger partial charge in [-0.15, -0.1) is 0 Å². The van der Waals surface area contributed by atoms with Gasteiger partial charge in [-0.2, -0.15) is 0 Å². The molecule has 1 N–H and O–H groups in total. The summed E-state index contributed by atoms with van der Waals surface area (Å²) in [5.74, 6) is 0.919. The number of rotatable bonds is 7. The van der Waals surface area contributed by atoms with E-state index in [0.717, 1.165) is 39.4 Å². The van der Waals surface area contributed by atoms with E-state index in [1.807, 2.05) is 0 Å². The molecule has 2 fully saturated rings. The van der Waals surface area contributed by atoms with Crippen molar-refractivity contribution in [1.82, 2.24) is 15.1 Å². The normalized spacial score (nSPS) is 28.3. The molecule has 2 saturated heterocycles. The summed E-state index contributed by atoms with van der Waals surface area (Å²) >= 11 is 0. The minimum Gasteiger partial charge on any atom is -0.379 e. The highest BCUT2D eigenvalue weighted by molar-refractivity contribution is 5.82. The monoisotopic (exact) mass is 369 g/mol. The van der Waals surface area contributed by atoms with Gasteiger partial charge in [0.2, 0.25) is 5.91 Å². The van der Waals surface area contributed by atoms with Gasteiger partial charge in [-0.05, 0) is 25.7 Å². The lowest BCUT2D eigenvalue weighted by Gasteiger charge is -2.41. The Morgan fingerprint density at radius 1 is 1.00 bits per heavy atom. The van der Waals surface area contributed by atoms with E-state index in [1.165, 1.54) is 0 Å². The van der Waals surface area contributed by atoms with Gasteiger partial charge >= 0.3 is 0 Å². The average Bonchev–Trinajstić information content (AvgIpc) is 2.54. The lowest BCUT2D eigenvalue weighted by atomic mass is 9.98. The molecule has 26 heavy (non-hydrogen) atoms. The SMILES string of the molecule is CC1CN(C(C(=O)NCC(C(C)C)N2CCOCC2)C(C)C)CC(C)O1. The summed E-state index contributed by atoms with van der Waals surface area (Å²) in [4.78, 5) is 17.8. The Kier molecular flexibility index (Phi) is 8.33. The molecule has 0 aromatic carbocycles. The first-order chi connectivity index (χ1) is 12.3. The Labute approximate surface area is 159 Å². The van der Waals surface area contributed by atoms with Crippen LogP contribution >= 0.6 is 0 Å². The average molecular weight is 370 g/mol. The molecule has 4 unspecified atom stereocenters. The lowest BCUT2D eigenvalue weighted by molar-refractivity contribution is -0.135. The largest absolute Gasteiger partial charge is 0.379 e. The molecule has 6 heteroatoms. The summed E-state index contributed by atoms with van der Waals surface area (Å²) in [6, 6.07) is 0.263. The van der Waals surface area contributed by atoms with E-state index in [4.69, 9.17) is 9.47 Å². The van der Waals surface area contributed by atoms with Gasteiger partial charge in [-0.1, -0.05) is 27.7 Å². The maximum atomic E-state index is 13.1. The molecule has 2 aliphatic heterocycles. The molecule has 0 bridgehead atoms. The van der Waals surface area contributed by atoms with Gasteiger partial charge < -0.3 is 14.8 Å². The van der Waals surface area contributed by atoms with Crippen molar-refractivity contribution < 1.29 is 14.3 Å². The lowest BCUT2D eigenvalue weighted by Crippen LogP contribution is -2.58. The standard InChI is InChI=1S/C20H39N3O3/c1-14(2)18(22-7-9-25-10-8-22)11-21-20(24)19(15(3)4)23-12-16(5)26-17(6)13-23/h14-19H,7-13H2,1-6H3,(H,21,24). The number of hydrogen-bond donors (Lipinski definition) is 1. The molecule has 2 heterocycles. The van der Waals surface area contributed by atoms with E-state index in [0.29, 0.717) is 18.5 Å². The first kappa shape index (κ1) is 21.6. The highest BCUT2D eigenvalue weighted by atomic mass is 16.5. The predicted octanol–water partition coefficient (Wildman–Crippen LogP) is 1.59. The Balaban J connectivity index is 1.97. The third-order valence-electron chi connectivity index (χ3n) is 5.51. The number of carbonyl (C=O) groups is 1. The first-order valence-corrected chi connectivity index (χ1v) is 10.3. The molecule has 2 aliphatic rings. The molecule has 0 aromatic heterocycles. The second kappa shape index (κ2) is 10.0. The van der Waals surface area contributed by atoms with Crippen LogP contribution in [0.3, 0.4) is 0 Å². The van der Waals surface area contributed by atoms with Crippen molar-refractivity contribution >= 4 is 5.91 Å². The van der Waals surface area contributed by atoms with Gasteiger partial charge in [-0.3, -0.25) is 14.6 Å². The highest BCUT2D eigenvalue weighted by Crippen LogP contribution is 2.19. The molecule has 152 valence electrons. The summed E-state index contributed by atoms with van der Waals surface area (Å²) < 4.78 is 11.3. The summed E-state index contributed by atoms with van der Waals surface area (Å²) in [5, 5.41) is 3.27. The van der Waals surface area contributed by atoms with Crippen LogP contribution in [0.2, 0.25) is 0 Å². The molecular weight excluding hydrogens is 330 g/mol. The van der Waals surface area contributed by atoms with Gasteiger partial charge in [-0.25, -0.2) is 0 Å². The second-order valence-corrected chi connectivity index (χ2v) is 8.60. The second-order valence-electron chi connectivity index (χ2n) is 8.60. The number of hydrogen-bond acceptors (Lipinski definition) is 5. The molecule has 0 spiro atoms. The van der Waals surface area contributed by atoms with Crippen molar-refractivity contribution in [3.8, 4) is 0 Å². The van der Waals surface area contributed by atoms with Crippen molar-refractivity contribution in [2.45, 2.75) is 65.8 Å². The van der Waals surface area contributed by atoms with E-state index < -0.39 is 0 Å². The predicted molar refractivity (Wildman–Crippen MR) is 104 cm³/mol. The molecular formula is C20H39N3O3. The maximum Gasteiger partial charge on any atom is 0.237 e. The van der Waals surface area contributed by atoms with Crippen LogP contribution in [0, 0.1) is 11.8 Å². The Bertz CT molecular complexity index is 428. The number of nitrogens with one attached hydrogen (secondary N) is 1. The molecule has 1 amide bonds. The van der Waals surface area contributed by atoms with Crippen LogP contribution in [0.4, 0.5) is 0 Å². The Morgan fingerprint density at radius 3 is 2.08 bits per heavy atom. The first-order valence-electron chi connectivity index (χ1n) is 10.3. The zero-order chi connectivity index (χ0) is 19.3. The van der Waals surface area contributed by atoms with E-state index in [9.17, 15) is 4.79 Å². The molecule has 6 nitrogen and oxygen atoms in total. The quantitative estimate of drug-likeness (QED) is 0.739. The molecule has 0 radical (unpaired) electrons. The van der Waals surface area contributed by atoms with Crippen LogP contribution in [0.5, 0.6) is 0 Å². The van der Waals surface area contributed by atoms with Crippen molar-refractivity contribution in [2.24, 2.45) is 11.8 Å². The maximum absolute atomic E-state index is 13.1. The molecule has 4 atom stereocenters. The minimum absolute atomic E-state index is 0.0960. The fourth-order valence-corrected chi connectivity index (χ4v) is 4.34. The van der Waals surface area contributed by atoms with E-state index >= 15 is 0 Å². The molecule has 0 aliphatic carbocycles. The topological polar surface area (TPSA) is 54.0 Å². The number of amides is 1.